The van der Waals surface area contributed by atoms with Crippen LogP contribution in [0.3, 0.4) is 0 Å². The molecule has 31 heavy (non-hydrogen) atoms. The highest BCUT2D eigenvalue weighted by molar-refractivity contribution is 5.94. The molecule has 0 aromatic heterocycles. The molecule has 3 rings (SSSR count). The molecule has 1 aromatic rings. The molecule has 1 atom stereocenters. The molecule has 6 nitrogen and oxygen atoms in total. The van der Waals surface area contributed by atoms with Crippen LogP contribution in [-0.4, -0.2) is 78.4 Å². The zero-order chi connectivity index (χ0) is 22.4. The SMILES string of the molecule is C[C@H](C(=O)Nc1ccc(C(F)(F)F)cc1)N1CCN(CC(=O)N2CCCCCC2)CC1. The standard InChI is InChI=1S/C22H31F3N4O2/c1-17(21(31)26-19-8-6-18(7-9-19)22(23,24)25)28-14-12-27(13-15-28)16-20(30)29-10-4-2-3-5-11-29/h6-9,17H,2-5,10-16H2,1H3,(H,26,31)/t17-/m1/s1. The van der Waals surface area contributed by atoms with Crippen LogP contribution < -0.4 is 5.32 Å². The van der Waals surface area contributed by atoms with E-state index in [0.29, 0.717) is 38.4 Å². The van der Waals surface area contributed by atoms with Gasteiger partial charge in [0.15, 0.2) is 0 Å². The van der Waals surface area contributed by atoms with E-state index in [4.69, 9.17) is 0 Å². The van der Waals surface area contributed by atoms with Gasteiger partial charge in [-0.1, -0.05) is 12.8 Å². The summed E-state index contributed by atoms with van der Waals surface area (Å²) in [6, 6.07) is 4.03. The number of piperazine rings is 1. The number of carbonyl (C=O) groups excluding carboxylic acids is 2. The lowest BCUT2D eigenvalue weighted by Crippen LogP contribution is -2.54. The predicted molar refractivity (Wildman–Crippen MR) is 113 cm³/mol. The molecule has 0 radical (unpaired) electrons. The average Bonchev–Trinajstić information content (AvgIpc) is 3.03. The van der Waals surface area contributed by atoms with Crippen LogP contribution in [-0.2, 0) is 15.8 Å². The molecule has 9 heteroatoms. The van der Waals surface area contributed by atoms with Gasteiger partial charge in [0, 0.05) is 45.0 Å². The first kappa shape index (κ1) is 23.5. The highest BCUT2D eigenvalue weighted by Crippen LogP contribution is 2.29. The van der Waals surface area contributed by atoms with E-state index in [9.17, 15) is 22.8 Å². The van der Waals surface area contributed by atoms with Gasteiger partial charge in [0.05, 0.1) is 18.2 Å². The molecular formula is C22H31F3N4O2. The maximum Gasteiger partial charge on any atom is 0.416 e. The Morgan fingerprint density at radius 3 is 2.06 bits per heavy atom. The number of nitrogens with zero attached hydrogens (tertiary/aromatic N) is 3. The minimum absolute atomic E-state index is 0.184. The maximum absolute atomic E-state index is 12.7. The van der Waals surface area contributed by atoms with Crippen molar-refractivity contribution >= 4 is 17.5 Å². The quantitative estimate of drug-likeness (QED) is 0.765. The first-order chi connectivity index (χ1) is 14.7. The predicted octanol–water partition coefficient (Wildman–Crippen LogP) is 3.05. The van der Waals surface area contributed by atoms with Gasteiger partial charge in [-0.05, 0) is 44.0 Å². The number of nitrogens with one attached hydrogen (secondary N) is 1. The Kier molecular flexibility index (Phi) is 7.94. The third kappa shape index (κ3) is 6.67. The lowest BCUT2D eigenvalue weighted by atomic mass is 10.1. The van der Waals surface area contributed by atoms with Crippen LogP contribution in [0.4, 0.5) is 18.9 Å². The molecular weight excluding hydrogens is 409 g/mol. The molecule has 0 unspecified atom stereocenters. The highest BCUT2D eigenvalue weighted by atomic mass is 19.4. The van der Waals surface area contributed by atoms with Crippen molar-refractivity contribution in [3.8, 4) is 0 Å². The van der Waals surface area contributed by atoms with Crippen molar-refractivity contribution in [1.29, 1.82) is 0 Å². The van der Waals surface area contributed by atoms with Crippen LogP contribution >= 0.6 is 0 Å². The number of halogens is 3. The van der Waals surface area contributed by atoms with Gasteiger partial charge in [-0.15, -0.1) is 0 Å². The van der Waals surface area contributed by atoms with Gasteiger partial charge in [0.25, 0.3) is 0 Å². The van der Waals surface area contributed by atoms with Gasteiger partial charge in [0.2, 0.25) is 11.8 Å². The molecule has 0 saturated carbocycles. The van der Waals surface area contributed by atoms with Gasteiger partial charge in [-0.2, -0.15) is 13.2 Å². The summed E-state index contributed by atoms with van der Waals surface area (Å²) in [6.07, 6.45) is 0.129. The smallest absolute Gasteiger partial charge is 0.342 e. The Morgan fingerprint density at radius 1 is 0.935 bits per heavy atom. The minimum Gasteiger partial charge on any atom is -0.342 e. The number of carbonyl (C=O) groups is 2. The van der Waals surface area contributed by atoms with E-state index < -0.39 is 17.8 Å². The van der Waals surface area contributed by atoms with Crippen LogP contribution in [0.25, 0.3) is 0 Å². The zero-order valence-corrected chi connectivity index (χ0v) is 18.0. The maximum atomic E-state index is 12.7. The molecule has 0 spiro atoms. The molecule has 2 saturated heterocycles. The van der Waals surface area contributed by atoms with Gasteiger partial charge in [-0.3, -0.25) is 19.4 Å². The number of benzene rings is 1. The van der Waals surface area contributed by atoms with Gasteiger partial charge < -0.3 is 10.2 Å². The number of amides is 2. The summed E-state index contributed by atoms with van der Waals surface area (Å²) in [5, 5.41) is 2.69. The first-order valence-electron chi connectivity index (χ1n) is 11.0. The largest absolute Gasteiger partial charge is 0.416 e. The molecule has 2 heterocycles. The molecule has 2 aliphatic heterocycles. The summed E-state index contributed by atoms with van der Waals surface area (Å²) >= 11 is 0. The molecule has 2 amide bonds. The monoisotopic (exact) mass is 440 g/mol. The van der Waals surface area contributed by atoms with E-state index in [1.807, 2.05) is 9.80 Å². The topological polar surface area (TPSA) is 55.9 Å². The molecule has 2 fully saturated rings. The van der Waals surface area contributed by atoms with Crippen molar-refractivity contribution < 1.29 is 22.8 Å². The van der Waals surface area contributed by atoms with E-state index in [0.717, 1.165) is 38.1 Å². The van der Waals surface area contributed by atoms with Crippen molar-refractivity contribution in [1.82, 2.24) is 14.7 Å². The van der Waals surface area contributed by atoms with E-state index in [1.54, 1.807) is 6.92 Å². The number of likely N-dealkylation sites (tertiary alicyclic amines) is 1. The van der Waals surface area contributed by atoms with Crippen molar-refractivity contribution in [2.75, 3.05) is 51.1 Å². The summed E-state index contributed by atoms with van der Waals surface area (Å²) in [7, 11) is 0. The third-order valence-electron chi connectivity index (χ3n) is 6.13. The van der Waals surface area contributed by atoms with Crippen molar-refractivity contribution in [3.63, 3.8) is 0 Å². The fourth-order valence-electron chi connectivity index (χ4n) is 4.08. The number of anilines is 1. The van der Waals surface area contributed by atoms with Crippen LogP contribution in [0.1, 0.15) is 38.2 Å². The molecule has 1 aromatic carbocycles. The van der Waals surface area contributed by atoms with Gasteiger partial charge >= 0.3 is 6.18 Å². The van der Waals surface area contributed by atoms with E-state index in [-0.39, 0.29) is 11.8 Å². The van der Waals surface area contributed by atoms with Crippen molar-refractivity contribution in [2.45, 2.75) is 44.8 Å². The van der Waals surface area contributed by atoms with E-state index in [1.165, 1.54) is 25.0 Å². The van der Waals surface area contributed by atoms with Crippen molar-refractivity contribution in [3.05, 3.63) is 29.8 Å². The van der Waals surface area contributed by atoms with Crippen molar-refractivity contribution in [2.24, 2.45) is 0 Å². The lowest BCUT2D eigenvalue weighted by Gasteiger charge is -2.37. The molecule has 2 aliphatic rings. The summed E-state index contributed by atoms with van der Waals surface area (Å²) < 4.78 is 38.0. The second-order valence-corrected chi connectivity index (χ2v) is 8.35. The number of hydrogen-bond acceptors (Lipinski definition) is 4. The first-order valence-corrected chi connectivity index (χ1v) is 11.0. The molecule has 172 valence electrons. The molecule has 1 N–H and O–H groups in total. The zero-order valence-electron chi connectivity index (χ0n) is 18.0. The fourth-order valence-corrected chi connectivity index (χ4v) is 4.08. The van der Waals surface area contributed by atoms with E-state index in [2.05, 4.69) is 10.2 Å². The highest BCUT2D eigenvalue weighted by Gasteiger charge is 2.30. The van der Waals surface area contributed by atoms with E-state index >= 15 is 0 Å². The Balaban J connectivity index is 1.44. The third-order valence-corrected chi connectivity index (χ3v) is 6.13. The Labute approximate surface area is 181 Å². The van der Waals surface area contributed by atoms with Crippen LogP contribution in [0.5, 0.6) is 0 Å². The average molecular weight is 441 g/mol. The van der Waals surface area contributed by atoms with Gasteiger partial charge in [0.1, 0.15) is 0 Å². The number of hydrogen-bond donors (Lipinski definition) is 1. The summed E-state index contributed by atoms with van der Waals surface area (Å²) in [6.45, 7) is 6.63. The Bertz CT molecular complexity index is 738. The second-order valence-electron chi connectivity index (χ2n) is 8.35. The summed E-state index contributed by atoms with van der Waals surface area (Å²) in [5.74, 6) is -0.0719. The Morgan fingerprint density at radius 2 is 1.52 bits per heavy atom. The van der Waals surface area contributed by atoms with Crippen LogP contribution in [0.2, 0.25) is 0 Å². The molecule has 0 aliphatic carbocycles. The Hall–Kier alpha value is -2.13. The van der Waals surface area contributed by atoms with Crippen LogP contribution in [0.15, 0.2) is 24.3 Å². The number of rotatable bonds is 5. The normalized spacial score (nSPS) is 20.2. The fraction of sp³-hybridized carbons (Fsp3) is 0.636. The lowest BCUT2D eigenvalue weighted by molar-refractivity contribution is -0.137. The minimum atomic E-state index is -4.40. The summed E-state index contributed by atoms with van der Waals surface area (Å²) in [5.41, 5.74) is -0.407. The number of alkyl halides is 3. The second kappa shape index (κ2) is 10.5. The van der Waals surface area contributed by atoms with Crippen LogP contribution in [0, 0.1) is 0 Å². The molecule has 0 bridgehead atoms. The summed E-state index contributed by atoms with van der Waals surface area (Å²) in [4.78, 5) is 31.2. The van der Waals surface area contributed by atoms with Gasteiger partial charge in [-0.25, -0.2) is 0 Å².